The minimum atomic E-state index is -0.853. The molecule has 0 radical (unpaired) electrons. The molecule has 9 nitrogen and oxygen atoms in total. The SMILES string of the molecule is CC(OC(=O)c1ccccc1)On1on1N1CC(C(=O)O)C1. The number of aliphatic carboxylic acids is 1. The van der Waals surface area contributed by atoms with Crippen molar-refractivity contribution in [2.75, 3.05) is 18.1 Å². The zero-order valence-corrected chi connectivity index (χ0v) is 11.8. The van der Waals surface area contributed by atoms with Crippen LogP contribution in [0, 0.1) is 5.92 Å². The van der Waals surface area contributed by atoms with Gasteiger partial charge in [-0.3, -0.25) is 9.80 Å². The molecule has 1 unspecified atom stereocenters. The second-order valence-electron chi connectivity index (χ2n) is 4.92. The summed E-state index contributed by atoms with van der Waals surface area (Å²) in [7, 11) is 0. The molecule has 1 aromatic heterocycles. The van der Waals surface area contributed by atoms with E-state index in [9.17, 15) is 9.59 Å². The fourth-order valence-corrected chi connectivity index (χ4v) is 1.95. The summed E-state index contributed by atoms with van der Waals surface area (Å²) < 4.78 is 10.1. The number of rotatable bonds is 6. The van der Waals surface area contributed by atoms with Gasteiger partial charge in [-0.1, -0.05) is 18.2 Å². The predicted octanol–water partition coefficient (Wildman–Crippen LogP) is 0.167. The Hall–Kier alpha value is -2.84. The Bertz CT molecular complexity index is 651. The van der Waals surface area contributed by atoms with Gasteiger partial charge in [-0.2, -0.15) is 4.63 Å². The van der Waals surface area contributed by atoms with Gasteiger partial charge < -0.3 is 14.7 Å². The van der Waals surface area contributed by atoms with Gasteiger partial charge in [0.25, 0.3) is 6.29 Å². The third kappa shape index (κ3) is 2.92. The van der Waals surface area contributed by atoms with Gasteiger partial charge >= 0.3 is 11.9 Å². The molecule has 1 aromatic carbocycles. The van der Waals surface area contributed by atoms with E-state index >= 15 is 0 Å². The lowest BCUT2D eigenvalue weighted by Crippen LogP contribution is -2.55. The van der Waals surface area contributed by atoms with E-state index in [0.717, 1.165) is 5.02 Å². The number of hydrogen-bond donors (Lipinski definition) is 1. The molecule has 9 heteroatoms. The number of aromatic nitrogens is 2. The van der Waals surface area contributed by atoms with Gasteiger partial charge in [0.05, 0.1) is 24.6 Å². The maximum Gasteiger partial charge on any atom is 0.341 e. The second kappa shape index (κ2) is 5.51. The molecule has 1 aliphatic heterocycles. The molecule has 0 spiro atoms. The van der Waals surface area contributed by atoms with Crippen LogP contribution in [-0.4, -0.2) is 46.4 Å². The molecular weight excluding hydrogens is 294 g/mol. The molecule has 22 heavy (non-hydrogen) atoms. The Kier molecular flexibility index (Phi) is 3.53. The lowest BCUT2D eigenvalue weighted by Gasteiger charge is -2.32. The fraction of sp³-hybridized carbons (Fsp3) is 0.385. The molecule has 1 fully saturated rings. The number of carboxylic acids is 1. The average molecular weight is 309 g/mol. The summed E-state index contributed by atoms with van der Waals surface area (Å²) in [6.45, 7) is 2.23. The molecule has 0 aliphatic carbocycles. The monoisotopic (exact) mass is 309 g/mol. The van der Waals surface area contributed by atoms with E-state index in [1.165, 1.54) is 4.96 Å². The summed E-state index contributed by atoms with van der Waals surface area (Å²) in [5.74, 6) is -1.74. The van der Waals surface area contributed by atoms with Crippen molar-refractivity contribution >= 4 is 11.9 Å². The quantitative estimate of drug-likeness (QED) is 0.599. The van der Waals surface area contributed by atoms with E-state index in [4.69, 9.17) is 19.3 Å². The predicted molar refractivity (Wildman–Crippen MR) is 71.7 cm³/mol. The van der Waals surface area contributed by atoms with Crippen LogP contribution in [0.4, 0.5) is 0 Å². The molecule has 1 N–H and O–H groups in total. The largest absolute Gasteiger partial charge is 0.481 e. The minimum absolute atomic E-state index is 0.341. The highest BCUT2D eigenvalue weighted by atomic mass is 17.0. The molecule has 1 atom stereocenters. The normalized spacial score (nSPS) is 16.1. The van der Waals surface area contributed by atoms with Crippen molar-refractivity contribution in [2.24, 2.45) is 5.92 Å². The molecule has 1 saturated heterocycles. The molecule has 1 aliphatic rings. The highest BCUT2D eigenvalue weighted by Crippen LogP contribution is 2.16. The zero-order chi connectivity index (χ0) is 15.7. The first-order valence-corrected chi connectivity index (χ1v) is 6.73. The van der Waals surface area contributed by atoms with Gasteiger partial charge in [0.1, 0.15) is 5.02 Å². The number of esters is 1. The van der Waals surface area contributed by atoms with Crippen molar-refractivity contribution in [2.45, 2.75) is 13.2 Å². The van der Waals surface area contributed by atoms with Crippen molar-refractivity contribution < 1.29 is 28.9 Å². The highest BCUT2D eigenvalue weighted by molar-refractivity contribution is 5.89. The summed E-state index contributed by atoms with van der Waals surface area (Å²) in [6, 6.07) is 8.55. The first kappa shape index (κ1) is 14.1. The van der Waals surface area contributed by atoms with Gasteiger partial charge in [0.15, 0.2) is 0 Å². The Morgan fingerprint density at radius 2 is 2.00 bits per heavy atom. The summed E-state index contributed by atoms with van der Waals surface area (Å²) in [5.41, 5.74) is 0.425. The number of hydrogen-bond acceptors (Lipinski definition) is 6. The Labute approximate surface area is 125 Å². The van der Waals surface area contributed by atoms with Crippen LogP contribution >= 0.6 is 0 Å². The Morgan fingerprint density at radius 1 is 1.32 bits per heavy atom. The minimum Gasteiger partial charge on any atom is -0.481 e. The second-order valence-corrected chi connectivity index (χ2v) is 4.92. The third-order valence-electron chi connectivity index (χ3n) is 3.23. The number of carboxylic acid groups (broad SMARTS) is 1. The number of nitrogens with zero attached hydrogens (tertiary/aromatic N) is 3. The van der Waals surface area contributed by atoms with Crippen molar-refractivity contribution in [3.8, 4) is 0 Å². The van der Waals surface area contributed by atoms with Crippen LogP contribution in [0.5, 0.6) is 0 Å². The number of carbonyl (C=O) groups is 2. The zero-order valence-electron chi connectivity index (χ0n) is 11.8. The van der Waals surface area contributed by atoms with Crippen LogP contribution in [0.25, 0.3) is 0 Å². The fourth-order valence-electron chi connectivity index (χ4n) is 1.95. The Morgan fingerprint density at radius 3 is 2.64 bits per heavy atom. The molecule has 2 aromatic rings. The average Bonchev–Trinajstić information content (AvgIpc) is 3.16. The maximum absolute atomic E-state index is 11.8. The van der Waals surface area contributed by atoms with E-state index in [1.54, 1.807) is 42.3 Å². The van der Waals surface area contributed by atoms with Crippen LogP contribution in [0.3, 0.4) is 0 Å². The number of carbonyl (C=O) groups excluding carboxylic acids is 1. The van der Waals surface area contributed by atoms with Gasteiger partial charge in [0, 0.05) is 11.9 Å². The molecule has 2 heterocycles. The molecule has 0 saturated carbocycles. The van der Waals surface area contributed by atoms with Crippen LogP contribution in [0.1, 0.15) is 17.3 Å². The first-order valence-electron chi connectivity index (χ1n) is 6.73. The smallest absolute Gasteiger partial charge is 0.341 e. The van der Waals surface area contributed by atoms with Crippen LogP contribution in [0.2, 0.25) is 0 Å². The Balaban J connectivity index is 1.45. The molecule has 118 valence electrons. The van der Waals surface area contributed by atoms with Crippen LogP contribution in [0.15, 0.2) is 35.0 Å². The van der Waals surface area contributed by atoms with E-state index in [2.05, 4.69) is 0 Å². The third-order valence-corrected chi connectivity index (χ3v) is 3.23. The van der Waals surface area contributed by atoms with Gasteiger partial charge in [0.2, 0.25) is 0 Å². The van der Waals surface area contributed by atoms with Gasteiger partial charge in [-0.25, -0.2) is 4.79 Å². The van der Waals surface area contributed by atoms with E-state index in [0.29, 0.717) is 18.7 Å². The lowest BCUT2D eigenvalue weighted by molar-refractivity contribution is -0.143. The van der Waals surface area contributed by atoms with Gasteiger partial charge in [-0.05, 0) is 12.1 Å². The van der Waals surface area contributed by atoms with Gasteiger partial charge in [-0.15, -0.1) is 0 Å². The van der Waals surface area contributed by atoms with E-state index in [1.807, 2.05) is 0 Å². The molecule has 0 amide bonds. The highest BCUT2D eigenvalue weighted by Gasteiger charge is 2.38. The van der Waals surface area contributed by atoms with E-state index < -0.39 is 24.1 Å². The number of benzene rings is 1. The van der Waals surface area contributed by atoms with Crippen LogP contribution < -0.4 is 9.85 Å². The van der Waals surface area contributed by atoms with E-state index in [-0.39, 0.29) is 0 Å². The topological polar surface area (TPSA) is 99.1 Å². The molecule has 3 rings (SSSR count). The summed E-state index contributed by atoms with van der Waals surface area (Å²) in [4.78, 5) is 29.0. The van der Waals surface area contributed by atoms with Crippen molar-refractivity contribution in [1.29, 1.82) is 0 Å². The van der Waals surface area contributed by atoms with Crippen LogP contribution in [-0.2, 0) is 9.53 Å². The molecule has 0 bridgehead atoms. The summed E-state index contributed by atoms with van der Waals surface area (Å²) in [5, 5.41) is 11.5. The lowest BCUT2D eigenvalue weighted by atomic mass is 10.0. The van der Waals surface area contributed by atoms with Crippen molar-refractivity contribution in [1.82, 2.24) is 9.98 Å². The standard InChI is InChI=1S/C13H15N3O6/c1-9(20-13(19)10-5-3-2-4-6-10)21-16-15(22-16)14-7-11(8-14)12(17)18/h2-6,9,11H,7-8H2,1H3,(H,17,18). The van der Waals surface area contributed by atoms with Crippen molar-refractivity contribution in [3.63, 3.8) is 0 Å². The first-order chi connectivity index (χ1) is 10.5. The maximum atomic E-state index is 11.8. The number of ether oxygens (including phenoxy) is 1. The summed E-state index contributed by atoms with van der Waals surface area (Å²) in [6.07, 6.45) is -0.853. The summed E-state index contributed by atoms with van der Waals surface area (Å²) >= 11 is 0. The van der Waals surface area contributed by atoms with Crippen molar-refractivity contribution in [3.05, 3.63) is 35.9 Å². The molecular formula is C13H15N3O6.